The van der Waals surface area contributed by atoms with E-state index in [1.54, 1.807) is 61.4 Å². The smallest absolute Gasteiger partial charge is 0.223 e. The third-order valence-electron chi connectivity index (χ3n) is 3.46. The van der Waals surface area contributed by atoms with Crippen LogP contribution in [0.3, 0.4) is 0 Å². The monoisotopic (exact) mass is 317 g/mol. The van der Waals surface area contributed by atoms with Crippen molar-refractivity contribution in [3.05, 3.63) is 59.7 Å². The fourth-order valence-corrected chi connectivity index (χ4v) is 2.05. The lowest BCUT2D eigenvalue weighted by Crippen LogP contribution is -2.38. The van der Waals surface area contributed by atoms with Crippen LogP contribution in [-0.2, 0) is 17.4 Å². The van der Waals surface area contributed by atoms with Crippen molar-refractivity contribution in [3.63, 3.8) is 0 Å². The van der Waals surface area contributed by atoms with Gasteiger partial charge in [0.25, 0.3) is 0 Å². The third kappa shape index (κ3) is 4.75. The summed E-state index contributed by atoms with van der Waals surface area (Å²) in [7, 11) is 1.76. The van der Waals surface area contributed by atoms with E-state index in [0.29, 0.717) is 11.1 Å². The zero-order valence-corrected chi connectivity index (χ0v) is 13.2. The van der Waals surface area contributed by atoms with Gasteiger partial charge in [0.05, 0.1) is 12.7 Å². The van der Waals surface area contributed by atoms with Crippen LogP contribution in [0.1, 0.15) is 24.5 Å². The highest BCUT2D eigenvalue weighted by Crippen LogP contribution is 2.18. The second-order valence-corrected chi connectivity index (χ2v) is 5.58. The van der Waals surface area contributed by atoms with E-state index in [-0.39, 0.29) is 24.7 Å². The summed E-state index contributed by atoms with van der Waals surface area (Å²) >= 11 is 0. The quantitative estimate of drug-likeness (QED) is 0.856. The van der Waals surface area contributed by atoms with Gasteiger partial charge in [0.2, 0.25) is 5.91 Å². The van der Waals surface area contributed by atoms with Crippen LogP contribution in [0.15, 0.2) is 42.7 Å². The number of aromatic nitrogens is 2. The topological polar surface area (TPSA) is 67.2 Å². The number of aliphatic hydroxyl groups is 1. The molecule has 6 heteroatoms. The highest BCUT2D eigenvalue weighted by Gasteiger charge is 2.25. The number of nitrogens with zero attached hydrogens (tertiary/aromatic N) is 2. The van der Waals surface area contributed by atoms with Gasteiger partial charge in [-0.1, -0.05) is 30.4 Å². The van der Waals surface area contributed by atoms with E-state index in [4.69, 9.17) is 0 Å². The van der Waals surface area contributed by atoms with Crippen LogP contribution in [-0.4, -0.2) is 27.3 Å². The summed E-state index contributed by atoms with van der Waals surface area (Å²) in [5.74, 6) is -0.578. The SMILES string of the molecule is Cn1cc(C(C)(O)CNC(=O)CC=Cc2ccccc2F)cn1. The van der Waals surface area contributed by atoms with E-state index in [2.05, 4.69) is 10.4 Å². The van der Waals surface area contributed by atoms with Gasteiger partial charge in [-0.3, -0.25) is 9.48 Å². The Hall–Kier alpha value is -2.47. The first kappa shape index (κ1) is 16.9. The number of halogens is 1. The molecule has 1 atom stereocenters. The molecule has 0 aliphatic heterocycles. The molecule has 0 bridgehead atoms. The van der Waals surface area contributed by atoms with Gasteiger partial charge in [-0.2, -0.15) is 5.10 Å². The number of carbonyl (C=O) groups excluding carboxylic acids is 1. The van der Waals surface area contributed by atoms with E-state index in [0.717, 1.165) is 0 Å². The molecule has 0 fully saturated rings. The maximum Gasteiger partial charge on any atom is 0.223 e. The molecular weight excluding hydrogens is 297 g/mol. The van der Waals surface area contributed by atoms with Crippen molar-refractivity contribution in [2.24, 2.45) is 7.05 Å². The molecule has 2 N–H and O–H groups in total. The molecule has 0 aliphatic rings. The first-order chi connectivity index (χ1) is 10.9. The van der Waals surface area contributed by atoms with E-state index in [9.17, 15) is 14.3 Å². The van der Waals surface area contributed by atoms with Crippen LogP contribution >= 0.6 is 0 Å². The number of amides is 1. The predicted molar refractivity (Wildman–Crippen MR) is 85.8 cm³/mol. The number of hydrogen-bond donors (Lipinski definition) is 2. The lowest BCUT2D eigenvalue weighted by atomic mass is 10.00. The fourth-order valence-electron chi connectivity index (χ4n) is 2.05. The molecule has 1 unspecified atom stereocenters. The molecule has 5 nitrogen and oxygen atoms in total. The number of carbonyl (C=O) groups is 1. The molecule has 0 aliphatic carbocycles. The van der Waals surface area contributed by atoms with Gasteiger partial charge in [-0.05, 0) is 13.0 Å². The molecule has 23 heavy (non-hydrogen) atoms. The maximum atomic E-state index is 13.4. The predicted octanol–water partition coefficient (Wildman–Crippen LogP) is 1.99. The molecule has 1 heterocycles. The summed E-state index contributed by atoms with van der Waals surface area (Å²) in [4.78, 5) is 11.8. The standard InChI is InChI=1S/C17H20FN3O2/c1-17(23,14-10-20-21(2)11-14)12-19-16(22)9-5-7-13-6-3-4-8-15(13)18/h3-8,10-11,23H,9,12H2,1-2H3,(H,19,22). The average molecular weight is 317 g/mol. The molecule has 1 amide bonds. The first-order valence-electron chi connectivity index (χ1n) is 7.28. The van der Waals surface area contributed by atoms with Crippen LogP contribution in [0.4, 0.5) is 4.39 Å². The molecule has 2 rings (SSSR count). The Kier molecular flexibility index (Phi) is 5.28. The minimum absolute atomic E-state index is 0.0745. The molecule has 0 radical (unpaired) electrons. The Morgan fingerprint density at radius 1 is 1.48 bits per heavy atom. The zero-order chi connectivity index (χ0) is 16.9. The van der Waals surface area contributed by atoms with Crippen molar-refractivity contribution in [2.45, 2.75) is 18.9 Å². The second-order valence-electron chi connectivity index (χ2n) is 5.58. The summed E-state index contributed by atoms with van der Waals surface area (Å²) in [6.45, 7) is 1.69. The third-order valence-corrected chi connectivity index (χ3v) is 3.46. The van der Waals surface area contributed by atoms with Crippen LogP contribution in [0, 0.1) is 5.82 Å². The van der Waals surface area contributed by atoms with E-state index >= 15 is 0 Å². The van der Waals surface area contributed by atoms with Crippen LogP contribution in [0.5, 0.6) is 0 Å². The van der Waals surface area contributed by atoms with Gasteiger partial charge in [-0.15, -0.1) is 0 Å². The van der Waals surface area contributed by atoms with E-state index < -0.39 is 5.60 Å². The van der Waals surface area contributed by atoms with Crippen LogP contribution in [0.2, 0.25) is 0 Å². The molecule has 0 saturated carbocycles. The molecule has 1 aromatic heterocycles. The Morgan fingerprint density at radius 2 is 2.22 bits per heavy atom. The minimum Gasteiger partial charge on any atom is -0.383 e. The fraction of sp³-hybridized carbons (Fsp3) is 0.294. The van der Waals surface area contributed by atoms with Crippen molar-refractivity contribution in [2.75, 3.05) is 6.54 Å². The summed E-state index contributed by atoms with van der Waals surface area (Å²) in [6.07, 6.45) is 6.52. The highest BCUT2D eigenvalue weighted by atomic mass is 19.1. The number of hydrogen-bond acceptors (Lipinski definition) is 3. The van der Waals surface area contributed by atoms with Crippen LogP contribution < -0.4 is 5.32 Å². The lowest BCUT2D eigenvalue weighted by Gasteiger charge is -2.22. The Bertz CT molecular complexity index is 707. The molecule has 122 valence electrons. The number of nitrogens with one attached hydrogen (secondary N) is 1. The van der Waals surface area contributed by atoms with Crippen molar-refractivity contribution in [1.82, 2.24) is 15.1 Å². The number of benzene rings is 1. The molecule has 0 spiro atoms. The summed E-state index contributed by atoms with van der Waals surface area (Å²) in [6, 6.07) is 6.34. The lowest BCUT2D eigenvalue weighted by molar-refractivity contribution is -0.121. The summed E-state index contributed by atoms with van der Waals surface area (Å²) in [5.41, 5.74) is -0.135. The van der Waals surface area contributed by atoms with Gasteiger partial charge in [0.15, 0.2) is 0 Å². The number of rotatable bonds is 6. The normalized spacial score (nSPS) is 13.9. The Labute approximate surface area is 134 Å². The van der Waals surface area contributed by atoms with E-state index in [1.807, 2.05) is 0 Å². The van der Waals surface area contributed by atoms with E-state index in [1.165, 1.54) is 6.07 Å². The Morgan fingerprint density at radius 3 is 2.87 bits per heavy atom. The second kappa shape index (κ2) is 7.19. The van der Waals surface area contributed by atoms with Crippen LogP contribution in [0.25, 0.3) is 6.08 Å². The average Bonchev–Trinajstić information content (AvgIpc) is 2.95. The molecular formula is C17H20FN3O2. The summed E-state index contributed by atoms with van der Waals surface area (Å²) in [5, 5.41) is 17.0. The van der Waals surface area contributed by atoms with Gasteiger partial charge >= 0.3 is 0 Å². The van der Waals surface area contributed by atoms with Crippen molar-refractivity contribution < 1.29 is 14.3 Å². The van der Waals surface area contributed by atoms with Crippen molar-refractivity contribution in [3.8, 4) is 0 Å². The summed E-state index contributed by atoms with van der Waals surface area (Å²) < 4.78 is 15.0. The van der Waals surface area contributed by atoms with Gasteiger partial charge in [-0.25, -0.2) is 4.39 Å². The van der Waals surface area contributed by atoms with Gasteiger partial charge in [0.1, 0.15) is 11.4 Å². The Balaban J connectivity index is 1.84. The van der Waals surface area contributed by atoms with Crippen molar-refractivity contribution >= 4 is 12.0 Å². The van der Waals surface area contributed by atoms with Gasteiger partial charge < -0.3 is 10.4 Å². The first-order valence-corrected chi connectivity index (χ1v) is 7.28. The van der Waals surface area contributed by atoms with Crippen molar-refractivity contribution in [1.29, 1.82) is 0 Å². The molecule has 1 aromatic carbocycles. The highest BCUT2D eigenvalue weighted by molar-refractivity contribution is 5.78. The molecule has 0 saturated heterocycles. The largest absolute Gasteiger partial charge is 0.383 e. The number of aryl methyl sites for hydroxylation is 1. The zero-order valence-electron chi connectivity index (χ0n) is 13.2. The van der Waals surface area contributed by atoms with Gasteiger partial charge in [0, 0.05) is 30.8 Å². The maximum absolute atomic E-state index is 13.4. The minimum atomic E-state index is -1.20. The molecule has 2 aromatic rings.